The lowest BCUT2D eigenvalue weighted by Crippen LogP contribution is -2.34. The normalized spacial score (nSPS) is 20.0. The molecule has 0 radical (unpaired) electrons. The van der Waals surface area contributed by atoms with Crippen molar-refractivity contribution in [1.29, 1.82) is 0 Å². The number of rotatable bonds is 7. The first-order valence-electron chi connectivity index (χ1n) is 10.2. The average Bonchev–Trinajstić information content (AvgIpc) is 3.41. The third kappa shape index (κ3) is 7.30. The van der Waals surface area contributed by atoms with Crippen LogP contribution in [0.1, 0.15) is 36.5 Å². The van der Waals surface area contributed by atoms with E-state index in [1.165, 1.54) is 11.6 Å². The minimum absolute atomic E-state index is 0.0240. The van der Waals surface area contributed by atoms with Crippen molar-refractivity contribution in [3.05, 3.63) is 47.5 Å². The van der Waals surface area contributed by atoms with Gasteiger partial charge in [-0.25, -0.2) is 0 Å². The fraction of sp³-hybridized carbons (Fsp3) is 0.381. The number of ether oxygens (including phenoxy) is 2. The molecule has 12 heteroatoms. The minimum Gasteiger partial charge on any atom is -0.506 e. The van der Waals surface area contributed by atoms with E-state index in [4.69, 9.17) is 27.0 Å². The summed E-state index contributed by atoms with van der Waals surface area (Å²) in [7, 11) is -4.67. The molecule has 1 fully saturated rings. The van der Waals surface area contributed by atoms with E-state index in [2.05, 4.69) is 16.7 Å². The van der Waals surface area contributed by atoms with Gasteiger partial charge in [-0.1, -0.05) is 12.1 Å². The third-order valence-corrected chi connectivity index (χ3v) is 5.45. The van der Waals surface area contributed by atoms with Crippen LogP contribution in [0.3, 0.4) is 0 Å². The fourth-order valence-corrected chi connectivity index (χ4v) is 3.91. The SMILES string of the molecule is O=CNc1cc(C(O)C2CCC(CCc3ccc4c(c3)OCO4)N2)ccc1O.O=S(=O)(O)O. The number of carbonyl (C=O) groups is 1. The van der Waals surface area contributed by atoms with Crippen molar-refractivity contribution in [3.8, 4) is 17.2 Å². The molecule has 0 aliphatic carbocycles. The summed E-state index contributed by atoms with van der Waals surface area (Å²) in [5, 5.41) is 26.4. The molecule has 1 amide bonds. The van der Waals surface area contributed by atoms with E-state index < -0.39 is 16.5 Å². The Bertz CT molecular complexity index is 1070. The number of anilines is 1. The molecule has 3 unspecified atom stereocenters. The van der Waals surface area contributed by atoms with Gasteiger partial charge in [0.25, 0.3) is 0 Å². The molecule has 2 aliphatic heterocycles. The molecule has 6 N–H and O–H groups in total. The predicted molar refractivity (Wildman–Crippen MR) is 118 cm³/mol. The van der Waals surface area contributed by atoms with Crippen LogP contribution in [-0.4, -0.2) is 53.0 Å². The van der Waals surface area contributed by atoms with Crippen molar-refractivity contribution >= 4 is 22.5 Å². The summed E-state index contributed by atoms with van der Waals surface area (Å²) in [6, 6.07) is 11.1. The molecule has 2 aromatic carbocycles. The van der Waals surface area contributed by atoms with Crippen molar-refractivity contribution in [2.45, 2.75) is 43.9 Å². The molecule has 2 aliphatic rings. The van der Waals surface area contributed by atoms with Crippen LogP contribution in [0.4, 0.5) is 5.69 Å². The summed E-state index contributed by atoms with van der Waals surface area (Å²) in [6.07, 6.45) is 3.54. The number of hydrogen-bond acceptors (Lipinski definition) is 8. The number of aromatic hydroxyl groups is 1. The number of benzene rings is 2. The van der Waals surface area contributed by atoms with Gasteiger partial charge in [-0.15, -0.1) is 0 Å². The second-order valence-electron chi connectivity index (χ2n) is 7.71. The van der Waals surface area contributed by atoms with Crippen molar-refractivity contribution in [1.82, 2.24) is 5.32 Å². The number of nitrogens with one attached hydrogen (secondary N) is 2. The smallest absolute Gasteiger partial charge is 0.394 e. The van der Waals surface area contributed by atoms with Crippen LogP contribution in [0.15, 0.2) is 36.4 Å². The fourth-order valence-electron chi connectivity index (χ4n) is 3.91. The summed E-state index contributed by atoms with van der Waals surface area (Å²) in [5.74, 6) is 1.57. The highest BCUT2D eigenvalue weighted by atomic mass is 32.3. The molecular weight excluding hydrogens is 456 g/mol. The van der Waals surface area contributed by atoms with E-state index in [0.717, 1.165) is 37.2 Å². The highest BCUT2D eigenvalue weighted by Gasteiger charge is 2.30. The molecular formula is C21H26N2O9S. The number of phenols is 1. The average molecular weight is 483 g/mol. The third-order valence-electron chi connectivity index (χ3n) is 5.45. The van der Waals surface area contributed by atoms with E-state index in [-0.39, 0.29) is 18.6 Å². The Balaban J connectivity index is 0.000000555. The monoisotopic (exact) mass is 482 g/mol. The van der Waals surface area contributed by atoms with Gasteiger partial charge < -0.3 is 30.3 Å². The number of aliphatic hydroxyl groups is 1. The van der Waals surface area contributed by atoms with Crippen LogP contribution in [-0.2, 0) is 21.6 Å². The summed E-state index contributed by atoms with van der Waals surface area (Å²) < 4.78 is 42.4. The summed E-state index contributed by atoms with van der Waals surface area (Å²) in [6.45, 7) is 0.282. The van der Waals surface area contributed by atoms with Gasteiger partial charge in [-0.05, 0) is 61.1 Å². The molecule has 0 bridgehead atoms. The number of aryl methyl sites for hydroxylation is 1. The van der Waals surface area contributed by atoms with Gasteiger partial charge in [0.15, 0.2) is 11.5 Å². The lowest BCUT2D eigenvalue weighted by atomic mass is 10.00. The predicted octanol–water partition coefficient (Wildman–Crippen LogP) is 1.82. The number of carbonyl (C=O) groups excluding carboxylic acids is 1. The highest BCUT2D eigenvalue weighted by molar-refractivity contribution is 7.79. The number of hydrogen-bond donors (Lipinski definition) is 6. The largest absolute Gasteiger partial charge is 0.506 e. The number of amides is 1. The first-order chi connectivity index (χ1) is 15.6. The quantitative estimate of drug-likeness (QED) is 0.194. The second kappa shape index (κ2) is 10.8. The Kier molecular flexibility index (Phi) is 8.10. The Morgan fingerprint density at radius 3 is 2.58 bits per heavy atom. The molecule has 0 saturated carbocycles. The van der Waals surface area contributed by atoms with E-state index in [1.54, 1.807) is 12.1 Å². The maximum atomic E-state index is 10.7. The van der Waals surface area contributed by atoms with Crippen LogP contribution in [0.25, 0.3) is 0 Å². The Hall–Kier alpha value is -2.90. The summed E-state index contributed by atoms with van der Waals surface area (Å²) in [4.78, 5) is 10.6. The lowest BCUT2D eigenvalue weighted by Gasteiger charge is -2.21. The zero-order valence-electron chi connectivity index (χ0n) is 17.5. The standard InChI is InChI=1S/C21H24N2O5.H2O4S/c24-11-22-17-10-14(3-7-18(17)25)21(26)16-6-5-15(23-16)4-1-13-2-8-19-20(9-13)28-12-27-19;1-5(2,3)4/h2-3,7-11,15-16,21,23,25-26H,1,4-6,12H2,(H,22,24);(H2,1,2,3,4). The maximum Gasteiger partial charge on any atom is 0.394 e. The van der Waals surface area contributed by atoms with Crippen molar-refractivity contribution < 1.29 is 42.0 Å². The zero-order chi connectivity index (χ0) is 24.0. The van der Waals surface area contributed by atoms with Gasteiger partial charge in [0.05, 0.1) is 11.8 Å². The van der Waals surface area contributed by atoms with Crippen molar-refractivity contribution in [3.63, 3.8) is 0 Å². The molecule has 11 nitrogen and oxygen atoms in total. The first kappa shape index (κ1) is 24.7. The van der Waals surface area contributed by atoms with Gasteiger partial charge in [0.2, 0.25) is 13.2 Å². The number of aliphatic hydroxyl groups excluding tert-OH is 1. The topological polar surface area (TPSA) is 175 Å². The molecule has 3 atom stereocenters. The van der Waals surface area contributed by atoms with E-state index in [9.17, 15) is 15.0 Å². The van der Waals surface area contributed by atoms with Crippen molar-refractivity contribution in [2.75, 3.05) is 12.1 Å². The molecule has 0 spiro atoms. The Labute approximate surface area is 190 Å². The van der Waals surface area contributed by atoms with Crippen LogP contribution >= 0.6 is 0 Å². The summed E-state index contributed by atoms with van der Waals surface area (Å²) in [5.41, 5.74) is 2.16. The zero-order valence-corrected chi connectivity index (χ0v) is 18.4. The highest BCUT2D eigenvalue weighted by Crippen LogP contribution is 2.34. The van der Waals surface area contributed by atoms with Gasteiger partial charge in [0.1, 0.15) is 5.75 Å². The number of phenolic OH excluding ortho intramolecular Hbond substituents is 1. The molecule has 0 aromatic heterocycles. The van der Waals surface area contributed by atoms with Crippen LogP contribution in [0, 0.1) is 0 Å². The molecule has 1 saturated heterocycles. The van der Waals surface area contributed by atoms with Crippen LogP contribution in [0.2, 0.25) is 0 Å². The molecule has 180 valence electrons. The second-order valence-corrected chi connectivity index (χ2v) is 8.60. The van der Waals surface area contributed by atoms with Gasteiger partial charge >= 0.3 is 10.4 Å². The Morgan fingerprint density at radius 2 is 1.85 bits per heavy atom. The van der Waals surface area contributed by atoms with E-state index in [1.807, 2.05) is 12.1 Å². The first-order valence-corrected chi connectivity index (χ1v) is 11.6. The van der Waals surface area contributed by atoms with Gasteiger partial charge in [0, 0.05) is 12.1 Å². The van der Waals surface area contributed by atoms with Crippen LogP contribution < -0.4 is 20.1 Å². The van der Waals surface area contributed by atoms with Crippen molar-refractivity contribution in [2.24, 2.45) is 0 Å². The van der Waals surface area contributed by atoms with Gasteiger partial charge in [-0.3, -0.25) is 13.9 Å². The Morgan fingerprint density at radius 1 is 1.12 bits per heavy atom. The van der Waals surface area contributed by atoms with Gasteiger partial charge in [-0.2, -0.15) is 8.42 Å². The molecule has 2 heterocycles. The molecule has 4 rings (SSSR count). The molecule has 2 aromatic rings. The van der Waals surface area contributed by atoms with E-state index in [0.29, 0.717) is 23.7 Å². The lowest BCUT2D eigenvalue weighted by molar-refractivity contribution is -0.105. The maximum absolute atomic E-state index is 10.7. The molecule has 33 heavy (non-hydrogen) atoms. The number of fused-ring (bicyclic) bond motifs is 1. The van der Waals surface area contributed by atoms with Crippen LogP contribution in [0.5, 0.6) is 17.2 Å². The van der Waals surface area contributed by atoms with E-state index >= 15 is 0 Å². The minimum atomic E-state index is -4.67. The summed E-state index contributed by atoms with van der Waals surface area (Å²) >= 11 is 0.